The van der Waals surface area contributed by atoms with Crippen molar-refractivity contribution in [2.75, 3.05) is 6.54 Å². The maximum atomic E-state index is 9.27. The van der Waals surface area contributed by atoms with Crippen LogP contribution in [0, 0.1) is 0 Å². The van der Waals surface area contributed by atoms with E-state index >= 15 is 0 Å². The molecule has 1 heterocycles. The van der Waals surface area contributed by atoms with Gasteiger partial charge in [-0.15, -0.1) is 0 Å². The fourth-order valence-corrected chi connectivity index (χ4v) is 1.06. The van der Waals surface area contributed by atoms with Gasteiger partial charge in [-0.3, -0.25) is 0 Å². The molecule has 0 aliphatic carbocycles. The minimum atomic E-state index is -0.250. The summed E-state index contributed by atoms with van der Waals surface area (Å²) in [6.07, 6.45) is 4.22. The Kier molecular flexibility index (Phi) is 3.92. The van der Waals surface area contributed by atoms with E-state index in [9.17, 15) is 5.11 Å². The van der Waals surface area contributed by atoms with Gasteiger partial charge in [0.1, 0.15) is 5.82 Å². The highest BCUT2D eigenvalue weighted by atomic mass is 16.3. The normalized spacial score (nSPS) is 13.2. The molecule has 1 rings (SSSR count). The SMILES string of the molecule is CCC(O)CNCc1nccn1C. The van der Waals surface area contributed by atoms with E-state index in [4.69, 9.17) is 0 Å². The maximum Gasteiger partial charge on any atom is 0.122 e. The van der Waals surface area contributed by atoms with Gasteiger partial charge in [0.15, 0.2) is 0 Å². The third-order valence-corrected chi connectivity index (χ3v) is 2.06. The second-order valence-electron chi connectivity index (χ2n) is 3.15. The summed E-state index contributed by atoms with van der Waals surface area (Å²) in [5, 5.41) is 12.4. The molecule has 0 amide bonds. The van der Waals surface area contributed by atoms with Crippen LogP contribution in [-0.4, -0.2) is 27.3 Å². The van der Waals surface area contributed by atoms with Gasteiger partial charge in [0.2, 0.25) is 0 Å². The lowest BCUT2D eigenvalue weighted by molar-refractivity contribution is 0.166. The first kappa shape index (κ1) is 10.2. The zero-order valence-corrected chi connectivity index (χ0v) is 8.20. The van der Waals surface area contributed by atoms with Gasteiger partial charge in [-0.25, -0.2) is 4.98 Å². The number of aryl methyl sites for hydroxylation is 1. The molecule has 0 saturated heterocycles. The molecule has 4 heteroatoms. The Morgan fingerprint density at radius 3 is 3.00 bits per heavy atom. The van der Waals surface area contributed by atoms with Crippen LogP contribution in [0.3, 0.4) is 0 Å². The first-order valence-corrected chi connectivity index (χ1v) is 4.59. The summed E-state index contributed by atoms with van der Waals surface area (Å²) in [6.45, 7) is 3.30. The molecule has 2 N–H and O–H groups in total. The van der Waals surface area contributed by atoms with Crippen LogP contribution >= 0.6 is 0 Å². The molecule has 74 valence electrons. The minimum Gasteiger partial charge on any atom is -0.392 e. The fourth-order valence-electron chi connectivity index (χ4n) is 1.06. The number of aromatic nitrogens is 2. The smallest absolute Gasteiger partial charge is 0.122 e. The summed E-state index contributed by atoms with van der Waals surface area (Å²) in [7, 11) is 1.96. The van der Waals surface area contributed by atoms with Crippen LogP contribution in [0.2, 0.25) is 0 Å². The molecule has 0 fully saturated rings. The van der Waals surface area contributed by atoms with Crippen LogP contribution in [0.1, 0.15) is 19.2 Å². The van der Waals surface area contributed by atoms with Crippen molar-refractivity contribution in [1.29, 1.82) is 0 Å². The molecule has 1 unspecified atom stereocenters. The molecule has 0 saturated carbocycles. The third kappa shape index (κ3) is 3.16. The van der Waals surface area contributed by atoms with Gasteiger partial charge in [0.25, 0.3) is 0 Å². The number of nitrogens with zero attached hydrogens (tertiary/aromatic N) is 2. The molecule has 0 aliphatic heterocycles. The quantitative estimate of drug-likeness (QED) is 0.689. The molecule has 13 heavy (non-hydrogen) atoms. The zero-order valence-electron chi connectivity index (χ0n) is 8.20. The van der Waals surface area contributed by atoms with Gasteiger partial charge in [0, 0.05) is 26.0 Å². The Labute approximate surface area is 78.6 Å². The summed E-state index contributed by atoms with van der Waals surface area (Å²) in [4.78, 5) is 4.16. The highest BCUT2D eigenvalue weighted by Gasteiger charge is 2.01. The lowest BCUT2D eigenvalue weighted by Gasteiger charge is -2.08. The Balaban J connectivity index is 2.24. The fraction of sp³-hybridized carbons (Fsp3) is 0.667. The van der Waals surface area contributed by atoms with E-state index in [0.717, 1.165) is 12.2 Å². The number of rotatable bonds is 5. The lowest BCUT2D eigenvalue weighted by atomic mass is 10.3. The monoisotopic (exact) mass is 183 g/mol. The van der Waals surface area contributed by atoms with E-state index in [1.807, 2.05) is 24.7 Å². The van der Waals surface area contributed by atoms with Gasteiger partial charge >= 0.3 is 0 Å². The Morgan fingerprint density at radius 1 is 1.69 bits per heavy atom. The summed E-state index contributed by atoms with van der Waals surface area (Å²) in [5.41, 5.74) is 0. The Bertz CT molecular complexity index is 247. The van der Waals surface area contributed by atoms with Gasteiger partial charge in [0.05, 0.1) is 12.6 Å². The van der Waals surface area contributed by atoms with Gasteiger partial charge < -0.3 is 15.0 Å². The van der Waals surface area contributed by atoms with Crippen molar-refractivity contribution in [3.63, 3.8) is 0 Å². The molecular weight excluding hydrogens is 166 g/mol. The number of imidazole rings is 1. The van der Waals surface area contributed by atoms with Crippen LogP contribution in [0.25, 0.3) is 0 Å². The molecule has 0 spiro atoms. The summed E-state index contributed by atoms with van der Waals surface area (Å²) >= 11 is 0. The largest absolute Gasteiger partial charge is 0.392 e. The molecule has 1 atom stereocenters. The average Bonchev–Trinajstić information content (AvgIpc) is 2.52. The molecule has 0 aromatic carbocycles. The number of hydrogen-bond donors (Lipinski definition) is 2. The van der Waals surface area contributed by atoms with Crippen molar-refractivity contribution >= 4 is 0 Å². The standard InChI is InChI=1S/C9H17N3O/c1-3-8(13)6-10-7-9-11-4-5-12(9)2/h4-5,8,10,13H,3,6-7H2,1-2H3. The molecule has 0 radical (unpaired) electrons. The highest BCUT2D eigenvalue weighted by Crippen LogP contribution is 1.93. The van der Waals surface area contributed by atoms with Crippen molar-refractivity contribution < 1.29 is 5.11 Å². The molecular formula is C9H17N3O. The average molecular weight is 183 g/mol. The van der Waals surface area contributed by atoms with Crippen molar-refractivity contribution in [3.8, 4) is 0 Å². The molecule has 0 aliphatic rings. The van der Waals surface area contributed by atoms with Crippen LogP contribution in [0.4, 0.5) is 0 Å². The van der Waals surface area contributed by atoms with Gasteiger partial charge in [-0.1, -0.05) is 6.92 Å². The lowest BCUT2D eigenvalue weighted by Crippen LogP contribution is -2.26. The number of hydrogen-bond acceptors (Lipinski definition) is 3. The second-order valence-corrected chi connectivity index (χ2v) is 3.15. The predicted molar refractivity (Wildman–Crippen MR) is 51.2 cm³/mol. The number of aliphatic hydroxyl groups excluding tert-OH is 1. The van der Waals surface area contributed by atoms with E-state index in [0.29, 0.717) is 13.1 Å². The van der Waals surface area contributed by atoms with Crippen molar-refractivity contribution in [2.45, 2.75) is 26.0 Å². The number of nitrogens with one attached hydrogen (secondary N) is 1. The summed E-state index contributed by atoms with van der Waals surface area (Å²) < 4.78 is 1.96. The summed E-state index contributed by atoms with van der Waals surface area (Å²) in [5.74, 6) is 0.989. The van der Waals surface area contributed by atoms with Gasteiger partial charge in [-0.05, 0) is 6.42 Å². The summed E-state index contributed by atoms with van der Waals surface area (Å²) in [6, 6.07) is 0. The molecule has 4 nitrogen and oxygen atoms in total. The highest BCUT2D eigenvalue weighted by molar-refractivity contribution is 4.90. The van der Waals surface area contributed by atoms with Crippen molar-refractivity contribution in [2.24, 2.45) is 7.05 Å². The maximum absolute atomic E-state index is 9.27. The first-order chi connectivity index (χ1) is 6.24. The van der Waals surface area contributed by atoms with Gasteiger partial charge in [-0.2, -0.15) is 0 Å². The second kappa shape index (κ2) is 4.99. The first-order valence-electron chi connectivity index (χ1n) is 4.59. The minimum absolute atomic E-state index is 0.250. The van der Waals surface area contributed by atoms with Crippen LogP contribution in [0.15, 0.2) is 12.4 Å². The van der Waals surface area contributed by atoms with E-state index in [2.05, 4.69) is 10.3 Å². The van der Waals surface area contributed by atoms with E-state index in [-0.39, 0.29) is 6.10 Å². The van der Waals surface area contributed by atoms with Crippen LogP contribution in [0.5, 0.6) is 0 Å². The topological polar surface area (TPSA) is 50.1 Å². The van der Waals surface area contributed by atoms with E-state index in [1.165, 1.54) is 0 Å². The van der Waals surface area contributed by atoms with Crippen LogP contribution in [-0.2, 0) is 13.6 Å². The van der Waals surface area contributed by atoms with Crippen molar-refractivity contribution in [3.05, 3.63) is 18.2 Å². The van der Waals surface area contributed by atoms with E-state index in [1.54, 1.807) is 6.20 Å². The van der Waals surface area contributed by atoms with Crippen molar-refractivity contribution in [1.82, 2.24) is 14.9 Å². The number of aliphatic hydroxyl groups is 1. The Morgan fingerprint density at radius 2 is 2.46 bits per heavy atom. The van der Waals surface area contributed by atoms with Crippen LogP contribution < -0.4 is 5.32 Å². The molecule has 1 aromatic heterocycles. The molecule has 1 aromatic rings. The molecule has 0 bridgehead atoms. The zero-order chi connectivity index (χ0) is 9.68. The predicted octanol–water partition coefficient (Wildman–Crippen LogP) is 0.281. The Hall–Kier alpha value is -0.870. The third-order valence-electron chi connectivity index (χ3n) is 2.06. The van der Waals surface area contributed by atoms with E-state index < -0.39 is 0 Å².